The fourth-order valence-corrected chi connectivity index (χ4v) is 1.79. The highest BCUT2D eigenvalue weighted by Gasteiger charge is 2.98. The third-order valence-electron chi connectivity index (χ3n) is 3.77. The van der Waals surface area contributed by atoms with Crippen molar-refractivity contribution in [3.8, 4) is 0 Å². The quantitative estimate of drug-likeness (QED) is 0.300. The molecule has 0 aromatic carbocycles. The Morgan fingerprint density at radius 1 is 0.303 bits per heavy atom. The highest BCUT2D eigenvalue weighted by Crippen LogP contribution is 2.66. The minimum absolute atomic E-state index is 0.930. The van der Waals surface area contributed by atoms with Crippen LogP contribution in [0.3, 0.4) is 0 Å². The molecule has 0 aliphatic carbocycles. The van der Waals surface area contributed by atoms with Crippen molar-refractivity contribution in [2.24, 2.45) is 0 Å². The molecule has 0 rings (SSSR count). The average Bonchev–Trinajstić information content (AvgIpc) is 2.57. The van der Waals surface area contributed by atoms with Gasteiger partial charge < -0.3 is 4.74 Å². The highest BCUT2D eigenvalue weighted by atomic mass is 19.4. The molecule has 0 spiro atoms. The molecule has 1 nitrogen and oxygen atoms in total. The van der Waals surface area contributed by atoms with Crippen molar-refractivity contribution in [1.29, 1.82) is 0 Å². The number of ether oxygens (including phenoxy) is 1. The largest absolute Gasteiger partial charge is 0.460 e. The van der Waals surface area contributed by atoms with Crippen LogP contribution in [-0.2, 0) is 4.74 Å². The van der Waals surface area contributed by atoms with Gasteiger partial charge in [-0.25, -0.2) is 0 Å². The molecule has 0 saturated heterocycles. The Hall–Kier alpha value is -1.51. The van der Waals surface area contributed by atoms with E-state index < -0.39 is 66.8 Å². The Bertz CT molecular complexity index is 713. The van der Waals surface area contributed by atoms with Gasteiger partial charge in [0.2, 0.25) is 0 Å². The lowest BCUT2D eigenvalue weighted by atomic mass is 9.87. The predicted octanol–water partition coefficient (Wildman–Crippen LogP) is 6.87. The summed E-state index contributed by atoms with van der Waals surface area (Å²) in [6.07, 6.45) is -15.6. The Morgan fingerprint density at radius 3 is 0.697 bits per heavy atom. The fraction of sp³-hybridized carbons (Fsp3) is 1.00. The van der Waals surface area contributed by atoms with Gasteiger partial charge in [0, 0.05) is 7.11 Å². The van der Waals surface area contributed by atoms with Gasteiger partial charge in [-0.1, -0.05) is 0 Å². The van der Waals surface area contributed by atoms with Gasteiger partial charge >= 0.3 is 59.7 Å². The molecule has 0 aliphatic rings. The number of methoxy groups -OCH3 is 1. The summed E-state index contributed by atoms with van der Waals surface area (Å²) in [6.45, 7) is 0. The highest BCUT2D eigenvalue weighted by molar-refractivity contribution is 5.17. The molecule has 0 radical (unpaired) electrons. The van der Waals surface area contributed by atoms with Gasteiger partial charge in [-0.3, -0.25) is 0 Å². The van der Waals surface area contributed by atoms with Crippen molar-refractivity contribution in [2.45, 2.75) is 59.7 Å². The molecule has 22 heteroatoms. The molecule has 0 heterocycles. The zero-order chi connectivity index (χ0) is 27.7. The molecule has 200 valence electrons. The van der Waals surface area contributed by atoms with Crippen LogP contribution in [0, 0.1) is 0 Å². The van der Waals surface area contributed by atoms with Crippen LogP contribution < -0.4 is 0 Å². The van der Waals surface area contributed by atoms with Gasteiger partial charge in [0.05, 0.1) is 0 Å². The summed E-state index contributed by atoms with van der Waals surface area (Å²) >= 11 is 0. The van der Waals surface area contributed by atoms with E-state index in [1.54, 1.807) is 0 Å². The SMILES string of the molecule is COC(F)(C(F)(F)F)C(F)(F)C(F)(F)C(F)(F)C(F)(F)C(F)(F)C(F)(F)C(F)(F)C(F)(F)F. The molecule has 0 amide bonds. The van der Waals surface area contributed by atoms with E-state index >= 15 is 0 Å². The molecule has 0 aromatic heterocycles. The lowest BCUT2D eigenvalue weighted by Crippen LogP contribution is -2.77. The topological polar surface area (TPSA) is 9.23 Å². The summed E-state index contributed by atoms with van der Waals surface area (Å²) in [7, 11) is -0.930. The molecule has 1 atom stereocenters. The van der Waals surface area contributed by atoms with E-state index in [-0.39, 0.29) is 0 Å². The molecule has 0 N–H and O–H groups in total. The molecule has 0 fully saturated rings. The van der Waals surface area contributed by atoms with Gasteiger partial charge in [0.1, 0.15) is 0 Å². The number of hydrogen-bond donors (Lipinski definition) is 0. The van der Waals surface area contributed by atoms with Crippen LogP contribution in [0.5, 0.6) is 0 Å². The van der Waals surface area contributed by atoms with Crippen molar-refractivity contribution in [3.63, 3.8) is 0 Å². The van der Waals surface area contributed by atoms with Crippen LogP contribution in [0.1, 0.15) is 0 Å². The van der Waals surface area contributed by atoms with E-state index in [1.807, 2.05) is 0 Å². The van der Waals surface area contributed by atoms with E-state index in [1.165, 1.54) is 0 Å². The van der Waals surface area contributed by atoms with Crippen molar-refractivity contribution in [2.75, 3.05) is 7.11 Å². The maximum Gasteiger partial charge on any atom is 0.460 e. The zero-order valence-electron chi connectivity index (χ0n) is 14.3. The van der Waals surface area contributed by atoms with Crippen LogP contribution in [0.2, 0.25) is 0 Å². The van der Waals surface area contributed by atoms with Crippen molar-refractivity contribution in [1.82, 2.24) is 0 Å². The summed E-state index contributed by atoms with van der Waals surface area (Å²) in [5.74, 6) is -69.3. The first-order valence-corrected chi connectivity index (χ1v) is 6.83. The maximum atomic E-state index is 13.3. The van der Waals surface area contributed by atoms with Crippen molar-refractivity contribution < 1.29 is 96.9 Å². The Morgan fingerprint density at radius 2 is 0.515 bits per heavy atom. The van der Waals surface area contributed by atoms with Crippen LogP contribution in [0.4, 0.5) is 92.2 Å². The van der Waals surface area contributed by atoms with Gasteiger partial charge in [0.15, 0.2) is 0 Å². The summed E-state index contributed by atoms with van der Waals surface area (Å²) in [4.78, 5) is 0. The first-order valence-electron chi connectivity index (χ1n) is 6.83. The first-order chi connectivity index (χ1) is 13.8. The maximum absolute atomic E-state index is 13.3. The van der Waals surface area contributed by atoms with Crippen LogP contribution in [-0.4, -0.2) is 66.8 Å². The number of halogens is 21. The Labute approximate surface area is 165 Å². The smallest absolute Gasteiger partial charge is 0.337 e. The number of rotatable bonds is 8. The van der Waals surface area contributed by atoms with E-state index in [2.05, 4.69) is 4.74 Å². The van der Waals surface area contributed by atoms with Crippen LogP contribution >= 0.6 is 0 Å². The molecule has 1 unspecified atom stereocenters. The van der Waals surface area contributed by atoms with Crippen LogP contribution in [0.15, 0.2) is 0 Å². The first kappa shape index (κ1) is 31.5. The third kappa shape index (κ3) is 3.64. The minimum Gasteiger partial charge on any atom is -0.337 e. The third-order valence-corrected chi connectivity index (χ3v) is 3.77. The van der Waals surface area contributed by atoms with Crippen LogP contribution in [0.25, 0.3) is 0 Å². The summed E-state index contributed by atoms with van der Waals surface area (Å²) in [5.41, 5.74) is 0. The Kier molecular flexibility index (Phi) is 7.15. The summed E-state index contributed by atoms with van der Waals surface area (Å²) < 4.78 is 272. The predicted molar refractivity (Wildman–Crippen MR) is 57.6 cm³/mol. The van der Waals surface area contributed by atoms with Gasteiger partial charge in [-0.2, -0.15) is 92.2 Å². The molecule has 0 aromatic rings. The molecule has 0 aliphatic heterocycles. The second kappa shape index (κ2) is 7.49. The molecule has 0 bridgehead atoms. The number of hydrogen-bond acceptors (Lipinski definition) is 1. The van der Waals surface area contributed by atoms with E-state index in [4.69, 9.17) is 0 Å². The molecular weight excluding hydrogens is 547 g/mol. The van der Waals surface area contributed by atoms with E-state index in [9.17, 15) is 92.2 Å². The lowest BCUT2D eigenvalue weighted by molar-refractivity contribution is -0.487. The molecule has 0 saturated carbocycles. The minimum atomic E-state index is -9.13. The fourth-order valence-electron chi connectivity index (χ4n) is 1.79. The van der Waals surface area contributed by atoms with Gasteiger partial charge in [0.25, 0.3) is 0 Å². The second-order valence-electron chi connectivity index (χ2n) is 5.82. The van der Waals surface area contributed by atoms with E-state index in [0.717, 1.165) is 0 Å². The average molecular weight is 550 g/mol. The van der Waals surface area contributed by atoms with Gasteiger partial charge in [-0.05, 0) is 0 Å². The van der Waals surface area contributed by atoms with E-state index in [0.29, 0.717) is 0 Å². The summed E-state index contributed by atoms with van der Waals surface area (Å²) in [5, 5.41) is 0. The molecular formula is C11H3F21O. The standard InChI is InChI=1S/C11H3F21O/c1-33-9(26,11(30,31)32)7(22,23)5(18,19)3(14,15)2(12,13)4(16,17)6(20,21)8(24,25)10(27,28)29/h1H3. The van der Waals surface area contributed by atoms with Crippen molar-refractivity contribution >= 4 is 0 Å². The zero-order valence-corrected chi connectivity index (χ0v) is 14.3. The normalized spacial score (nSPS) is 18.4. The number of alkyl halides is 21. The monoisotopic (exact) mass is 550 g/mol. The summed E-state index contributed by atoms with van der Waals surface area (Å²) in [6, 6.07) is 0. The second-order valence-corrected chi connectivity index (χ2v) is 5.82. The van der Waals surface area contributed by atoms with Crippen molar-refractivity contribution in [3.05, 3.63) is 0 Å². The Balaban J connectivity index is 7.09. The van der Waals surface area contributed by atoms with Gasteiger partial charge in [-0.15, -0.1) is 0 Å². The lowest BCUT2D eigenvalue weighted by Gasteiger charge is -2.44. The molecule has 33 heavy (non-hydrogen) atoms.